The zero-order chi connectivity index (χ0) is 24.1. The summed E-state index contributed by atoms with van der Waals surface area (Å²) in [7, 11) is 0. The van der Waals surface area contributed by atoms with E-state index < -0.39 is 53.8 Å². The van der Waals surface area contributed by atoms with Gasteiger partial charge in [0.25, 0.3) is 0 Å². The van der Waals surface area contributed by atoms with E-state index in [-0.39, 0.29) is 18.8 Å². The van der Waals surface area contributed by atoms with Gasteiger partial charge < -0.3 is 32.5 Å². The smallest absolute Gasteiger partial charge is 0.325 e. The number of thioether (sulfide) groups is 1. The van der Waals surface area contributed by atoms with Crippen molar-refractivity contribution in [1.82, 2.24) is 16.0 Å². The fourth-order valence-corrected chi connectivity index (χ4v) is 3.00. The molecule has 0 aromatic heterocycles. The van der Waals surface area contributed by atoms with Crippen LogP contribution in [0, 0.1) is 5.92 Å². The summed E-state index contributed by atoms with van der Waals surface area (Å²) in [5.74, 6) is -3.30. The molecule has 11 nitrogen and oxygen atoms in total. The Balaban J connectivity index is 5.32. The Morgan fingerprint density at radius 2 is 1.58 bits per heavy atom. The van der Waals surface area contributed by atoms with Gasteiger partial charge in [-0.25, -0.2) is 0 Å². The Bertz CT molecular complexity index is 647. The average molecular weight is 462 g/mol. The van der Waals surface area contributed by atoms with Crippen LogP contribution in [-0.2, 0) is 24.0 Å². The third-order valence-corrected chi connectivity index (χ3v) is 5.45. The minimum absolute atomic E-state index is 0.0447. The van der Waals surface area contributed by atoms with Crippen molar-refractivity contribution in [2.24, 2.45) is 17.4 Å². The number of carboxylic acid groups (broad SMARTS) is 1. The van der Waals surface area contributed by atoms with Gasteiger partial charge >= 0.3 is 5.97 Å². The van der Waals surface area contributed by atoms with Crippen LogP contribution >= 0.6 is 11.8 Å². The quantitative estimate of drug-likeness (QED) is 0.177. The van der Waals surface area contributed by atoms with Gasteiger partial charge in [0.2, 0.25) is 23.6 Å². The van der Waals surface area contributed by atoms with Crippen LogP contribution in [0.3, 0.4) is 0 Å². The molecule has 0 heterocycles. The number of amides is 4. The lowest BCUT2D eigenvalue weighted by molar-refractivity contribution is -0.142. The lowest BCUT2D eigenvalue weighted by Crippen LogP contribution is -2.58. The molecule has 12 heteroatoms. The van der Waals surface area contributed by atoms with Crippen molar-refractivity contribution in [2.45, 2.75) is 70.6 Å². The molecule has 0 aromatic carbocycles. The molecule has 31 heavy (non-hydrogen) atoms. The fraction of sp³-hybridized carbons (Fsp3) is 0.737. The first-order chi connectivity index (χ1) is 14.4. The van der Waals surface area contributed by atoms with E-state index in [9.17, 15) is 24.0 Å². The number of nitrogens with two attached hydrogens (primary N) is 2. The van der Waals surface area contributed by atoms with Crippen LogP contribution in [-0.4, -0.2) is 70.9 Å². The van der Waals surface area contributed by atoms with E-state index in [1.807, 2.05) is 13.2 Å². The maximum atomic E-state index is 12.9. The van der Waals surface area contributed by atoms with Crippen LogP contribution in [0.2, 0.25) is 0 Å². The Hall–Kier alpha value is -2.34. The number of carbonyl (C=O) groups excluding carboxylic acids is 4. The minimum Gasteiger partial charge on any atom is -0.480 e. The number of aliphatic carboxylic acids is 1. The second kappa shape index (κ2) is 14.6. The molecule has 0 aliphatic carbocycles. The number of primary amides is 1. The van der Waals surface area contributed by atoms with Gasteiger partial charge in [-0.1, -0.05) is 20.3 Å². The van der Waals surface area contributed by atoms with Gasteiger partial charge in [-0.2, -0.15) is 11.8 Å². The van der Waals surface area contributed by atoms with Crippen molar-refractivity contribution >= 4 is 41.4 Å². The number of hydrogen-bond acceptors (Lipinski definition) is 7. The van der Waals surface area contributed by atoms with Gasteiger partial charge in [-0.15, -0.1) is 0 Å². The molecule has 5 unspecified atom stereocenters. The first-order valence-electron chi connectivity index (χ1n) is 10.1. The number of nitrogens with one attached hydrogen (secondary N) is 3. The zero-order valence-electron chi connectivity index (χ0n) is 18.5. The van der Waals surface area contributed by atoms with Crippen LogP contribution in [0.15, 0.2) is 0 Å². The van der Waals surface area contributed by atoms with Crippen molar-refractivity contribution in [3.8, 4) is 0 Å². The summed E-state index contributed by atoms with van der Waals surface area (Å²) in [6.07, 6.45) is 2.68. The standard InChI is InChI=1S/C19H35N5O6S/c1-5-10(2)15(18(28)22-11(3)19(29)30)24-17(27)13(8-9-31-4)23-16(26)12(20)6-7-14(21)25/h10-13,15H,5-9,20H2,1-4H3,(H2,21,25)(H,22,28)(H,23,26)(H,24,27)(H,29,30). The molecule has 0 saturated carbocycles. The van der Waals surface area contributed by atoms with Gasteiger partial charge in [0.1, 0.15) is 18.1 Å². The van der Waals surface area contributed by atoms with Gasteiger partial charge in [0, 0.05) is 6.42 Å². The normalized spacial score (nSPS) is 15.6. The fourth-order valence-electron chi connectivity index (χ4n) is 2.53. The molecule has 0 radical (unpaired) electrons. The summed E-state index contributed by atoms with van der Waals surface area (Å²) < 4.78 is 0. The predicted molar refractivity (Wildman–Crippen MR) is 118 cm³/mol. The molecule has 0 aliphatic rings. The Labute approximate surface area is 186 Å². The summed E-state index contributed by atoms with van der Waals surface area (Å²) in [5, 5.41) is 16.6. The Kier molecular flexibility index (Phi) is 13.5. The van der Waals surface area contributed by atoms with Crippen LogP contribution in [0.25, 0.3) is 0 Å². The number of rotatable bonds is 15. The minimum atomic E-state index is -1.20. The average Bonchev–Trinajstić information content (AvgIpc) is 2.71. The van der Waals surface area contributed by atoms with Crippen LogP contribution < -0.4 is 27.4 Å². The Morgan fingerprint density at radius 3 is 2.06 bits per heavy atom. The number of hydrogen-bond donors (Lipinski definition) is 6. The summed E-state index contributed by atoms with van der Waals surface area (Å²) >= 11 is 1.48. The molecule has 178 valence electrons. The summed E-state index contributed by atoms with van der Waals surface area (Å²) in [5.41, 5.74) is 10.8. The number of carboxylic acids is 1. The van der Waals surface area contributed by atoms with Crippen molar-refractivity contribution in [3.05, 3.63) is 0 Å². The molecule has 0 aromatic rings. The van der Waals surface area contributed by atoms with Crippen LogP contribution in [0.1, 0.15) is 46.5 Å². The maximum Gasteiger partial charge on any atom is 0.325 e. The van der Waals surface area contributed by atoms with Crippen molar-refractivity contribution < 1.29 is 29.1 Å². The highest BCUT2D eigenvalue weighted by Gasteiger charge is 2.31. The van der Waals surface area contributed by atoms with E-state index in [1.165, 1.54) is 18.7 Å². The van der Waals surface area contributed by atoms with E-state index in [0.717, 1.165) is 0 Å². The van der Waals surface area contributed by atoms with E-state index in [0.29, 0.717) is 18.6 Å². The third-order valence-electron chi connectivity index (χ3n) is 4.80. The van der Waals surface area contributed by atoms with E-state index in [2.05, 4.69) is 16.0 Å². The monoisotopic (exact) mass is 461 g/mol. The maximum absolute atomic E-state index is 12.9. The summed E-state index contributed by atoms with van der Waals surface area (Å²) in [4.78, 5) is 59.7. The molecule has 0 fully saturated rings. The van der Waals surface area contributed by atoms with Gasteiger partial charge in [-0.05, 0) is 37.7 Å². The van der Waals surface area contributed by atoms with E-state index in [4.69, 9.17) is 16.6 Å². The highest BCUT2D eigenvalue weighted by Crippen LogP contribution is 2.10. The summed E-state index contributed by atoms with van der Waals surface area (Å²) in [6.45, 7) is 4.92. The molecular weight excluding hydrogens is 426 g/mol. The van der Waals surface area contributed by atoms with Crippen LogP contribution in [0.5, 0.6) is 0 Å². The molecule has 0 spiro atoms. The molecule has 8 N–H and O–H groups in total. The van der Waals surface area contributed by atoms with E-state index in [1.54, 1.807) is 6.92 Å². The third kappa shape index (κ3) is 11.0. The van der Waals surface area contributed by atoms with E-state index >= 15 is 0 Å². The first kappa shape index (κ1) is 28.7. The number of carbonyl (C=O) groups is 5. The molecular formula is C19H35N5O6S. The second-order valence-corrected chi connectivity index (χ2v) is 8.38. The highest BCUT2D eigenvalue weighted by molar-refractivity contribution is 7.98. The molecule has 5 atom stereocenters. The predicted octanol–water partition coefficient (Wildman–Crippen LogP) is -1.06. The Morgan fingerprint density at radius 1 is 0.968 bits per heavy atom. The lowest BCUT2D eigenvalue weighted by atomic mass is 9.97. The highest BCUT2D eigenvalue weighted by atomic mass is 32.2. The molecule has 0 aliphatic heterocycles. The largest absolute Gasteiger partial charge is 0.480 e. The van der Waals surface area contributed by atoms with Crippen LogP contribution in [0.4, 0.5) is 0 Å². The lowest BCUT2D eigenvalue weighted by Gasteiger charge is -2.27. The zero-order valence-corrected chi connectivity index (χ0v) is 19.3. The molecule has 4 amide bonds. The van der Waals surface area contributed by atoms with Gasteiger partial charge in [-0.3, -0.25) is 24.0 Å². The second-order valence-electron chi connectivity index (χ2n) is 7.39. The van der Waals surface area contributed by atoms with Crippen molar-refractivity contribution in [3.63, 3.8) is 0 Å². The van der Waals surface area contributed by atoms with Crippen molar-refractivity contribution in [2.75, 3.05) is 12.0 Å². The molecule has 0 bridgehead atoms. The first-order valence-corrected chi connectivity index (χ1v) is 11.5. The SMILES string of the molecule is CCC(C)C(NC(=O)C(CCSC)NC(=O)C(N)CCC(N)=O)C(=O)NC(C)C(=O)O. The molecule has 0 rings (SSSR count). The molecule has 0 saturated heterocycles. The van der Waals surface area contributed by atoms with Gasteiger partial charge in [0.15, 0.2) is 0 Å². The van der Waals surface area contributed by atoms with Gasteiger partial charge in [0.05, 0.1) is 6.04 Å². The summed E-state index contributed by atoms with van der Waals surface area (Å²) in [6, 6.07) is -4.05. The van der Waals surface area contributed by atoms with Crippen molar-refractivity contribution in [1.29, 1.82) is 0 Å². The topological polar surface area (TPSA) is 194 Å².